The standard InChI is InChI=1S/C17H13Cl2N3O3/c18-13-5-1-11(2-6-13)9-24-16-20-15(23)21-17(22-16)25-10-12-3-7-14(19)8-4-12/h1-8H,9-10H2,(H,20,21,22,23). The van der Waals surface area contributed by atoms with Gasteiger partial charge in [0.15, 0.2) is 0 Å². The van der Waals surface area contributed by atoms with Crippen LogP contribution < -0.4 is 15.2 Å². The molecule has 0 amide bonds. The van der Waals surface area contributed by atoms with E-state index in [2.05, 4.69) is 15.0 Å². The number of aromatic nitrogens is 3. The molecule has 0 saturated carbocycles. The highest BCUT2D eigenvalue weighted by atomic mass is 35.5. The Kier molecular flexibility index (Phi) is 5.53. The fraction of sp³-hybridized carbons (Fsp3) is 0.118. The zero-order valence-corrected chi connectivity index (χ0v) is 14.4. The maximum absolute atomic E-state index is 11.6. The highest BCUT2D eigenvalue weighted by molar-refractivity contribution is 6.30. The maximum atomic E-state index is 11.6. The van der Waals surface area contributed by atoms with Crippen LogP contribution in [0.4, 0.5) is 0 Å². The Bertz CT molecular complexity index is 826. The number of nitrogens with zero attached hydrogens (tertiary/aromatic N) is 2. The molecule has 128 valence electrons. The molecule has 0 atom stereocenters. The van der Waals surface area contributed by atoms with Crippen LogP contribution in [-0.4, -0.2) is 15.0 Å². The number of benzene rings is 2. The van der Waals surface area contributed by atoms with Gasteiger partial charge in [-0.2, -0.15) is 0 Å². The third kappa shape index (κ3) is 5.20. The largest absolute Gasteiger partial charge is 0.460 e. The summed E-state index contributed by atoms with van der Waals surface area (Å²) in [6.45, 7) is 0.429. The van der Waals surface area contributed by atoms with E-state index in [4.69, 9.17) is 32.7 Å². The van der Waals surface area contributed by atoms with Crippen LogP contribution in [0.5, 0.6) is 12.0 Å². The molecule has 3 rings (SSSR count). The molecule has 0 aliphatic heterocycles. The summed E-state index contributed by atoms with van der Waals surface area (Å²) in [5, 5.41) is 1.27. The monoisotopic (exact) mass is 377 g/mol. The Hall–Kier alpha value is -2.57. The van der Waals surface area contributed by atoms with Gasteiger partial charge < -0.3 is 9.47 Å². The minimum atomic E-state index is -0.604. The molecular formula is C17H13Cl2N3O3. The van der Waals surface area contributed by atoms with Crippen LogP contribution in [0.25, 0.3) is 0 Å². The molecule has 6 nitrogen and oxygen atoms in total. The fourth-order valence-corrected chi connectivity index (χ4v) is 2.19. The number of nitrogens with one attached hydrogen (secondary N) is 1. The van der Waals surface area contributed by atoms with Gasteiger partial charge in [-0.15, -0.1) is 9.97 Å². The van der Waals surface area contributed by atoms with Crippen LogP contribution in [-0.2, 0) is 13.2 Å². The first kappa shape index (κ1) is 17.3. The summed E-state index contributed by atoms with van der Waals surface area (Å²) < 4.78 is 10.9. The second kappa shape index (κ2) is 8.00. The Labute approximate surface area is 153 Å². The number of rotatable bonds is 6. The number of ether oxygens (including phenoxy) is 2. The molecule has 3 aromatic rings. The Morgan fingerprint density at radius 2 is 1.32 bits per heavy atom. The van der Waals surface area contributed by atoms with E-state index in [1.807, 2.05) is 24.3 Å². The number of halogens is 2. The summed E-state index contributed by atoms with van der Waals surface area (Å²) in [4.78, 5) is 21.7. The Morgan fingerprint density at radius 3 is 1.88 bits per heavy atom. The van der Waals surface area contributed by atoms with Crippen molar-refractivity contribution in [2.45, 2.75) is 13.2 Å². The average molecular weight is 378 g/mol. The van der Waals surface area contributed by atoms with E-state index in [9.17, 15) is 4.79 Å². The SMILES string of the molecule is O=c1nc(OCc2ccc(Cl)cc2)nc(OCc2ccc(Cl)cc2)[nH]1. The molecule has 0 saturated heterocycles. The van der Waals surface area contributed by atoms with Gasteiger partial charge in [-0.25, -0.2) is 4.79 Å². The van der Waals surface area contributed by atoms with E-state index in [1.54, 1.807) is 24.3 Å². The van der Waals surface area contributed by atoms with E-state index in [1.165, 1.54) is 0 Å². The highest BCUT2D eigenvalue weighted by Gasteiger charge is 2.06. The lowest BCUT2D eigenvalue weighted by Gasteiger charge is -2.07. The van der Waals surface area contributed by atoms with Crippen LogP contribution in [0, 0.1) is 0 Å². The summed E-state index contributed by atoms with van der Waals surface area (Å²) in [6.07, 6.45) is 0. The molecule has 1 N–H and O–H groups in total. The van der Waals surface area contributed by atoms with Crippen molar-refractivity contribution in [2.24, 2.45) is 0 Å². The minimum Gasteiger partial charge on any atom is -0.460 e. The maximum Gasteiger partial charge on any atom is 0.353 e. The van der Waals surface area contributed by atoms with Crippen molar-refractivity contribution < 1.29 is 9.47 Å². The first-order chi connectivity index (χ1) is 12.1. The summed E-state index contributed by atoms with van der Waals surface area (Å²) in [5.74, 6) is 0. The van der Waals surface area contributed by atoms with Crippen LogP contribution >= 0.6 is 23.2 Å². The molecular weight excluding hydrogens is 365 g/mol. The lowest BCUT2D eigenvalue weighted by atomic mass is 10.2. The zero-order chi connectivity index (χ0) is 17.6. The minimum absolute atomic E-state index is 0.0288. The number of hydrogen-bond acceptors (Lipinski definition) is 5. The summed E-state index contributed by atoms with van der Waals surface area (Å²) in [5.41, 5.74) is 1.15. The second-order valence-corrected chi connectivity index (χ2v) is 5.94. The summed E-state index contributed by atoms with van der Waals surface area (Å²) in [6, 6.07) is 14.2. The molecule has 0 unspecified atom stereocenters. The number of hydrogen-bond donors (Lipinski definition) is 1. The van der Waals surface area contributed by atoms with Crippen molar-refractivity contribution in [2.75, 3.05) is 0 Å². The van der Waals surface area contributed by atoms with E-state index in [0.29, 0.717) is 10.0 Å². The van der Waals surface area contributed by atoms with Crippen LogP contribution in [0.15, 0.2) is 53.3 Å². The third-order valence-corrected chi connectivity index (χ3v) is 3.68. The van der Waals surface area contributed by atoms with Gasteiger partial charge in [0.25, 0.3) is 0 Å². The zero-order valence-electron chi connectivity index (χ0n) is 12.9. The Balaban J connectivity index is 1.64. The molecule has 8 heteroatoms. The van der Waals surface area contributed by atoms with Crippen molar-refractivity contribution in [1.29, 1.82) is 0 Å². The van der Waals surface area contributed by atoms with Gasteiger partial charge in [0, 0.05) is 10.0 Å². The predicted octanol–water partition coefficient (Wildman–Crippen LogP) is 3.63. The van der Waals surface area contributed by atoms with E-state index in [0.717, 1.165) is 11.1 Å². The fourth-order valence-electron chi connectivity index (χ4n) is 1.94. The van der Waals surface area contributed by atoms with Crippen molar-refractivity contribution in [3.63, 3.8) is 0 Å². The van der Waals surface area contributed by atoms with Crippen molar-refractivity contribution in [3.8, 4) is 12.0 Å². The second-order valence-electron chi connectivity index (χ2n) is 5.07. The molecule has 2 aromatic carbocycles. The first-order valence-corrected chi connectivity index (χ1v) is 8.07. The van der Waals surface area contributed by atoms with Gasteiger partial charge in [0.05, 0.1) is 0 Å². The predicted molar refractivity (Wildman–Crippen MR) is 94.2 cm³/mol. The number of aromatic amines is 1. The van der Waals surface area contributed by atoms with E-state index < -0.39 is 5.69 Å². The number of H-pyrrole nitrogens is 1. The molecule has 1 aromatic heterocycles. The smallest absolute Gasteiger partial charge is 0.353 e. The lowest BCUT2D eigenvalue weighted by Crippen LogP contribution is -2.16. The lowest BCUT2D eigenvalue weighted by molar-refractivity contribution is 0.247. The summed E-state index contributed by atoms with van der Waals surface area (Å²) >= 11 is 11.7. The summed E-state index contributed by atoms with van der Waals surface area (Å²) in [7, 11) is 0. The average Bonchev–Trinajstić information content (AvgIpc) is 2.60. The van der Waals surface area contributed by atoms with Crippen LogP contribution in [0.2, 0.25) is 10.0 Å². The normalized spacial score (nSPS) is 10.5. The van der Waals surface area contributed by atoms with E-state index >= 15 is 0 Å². The molecule has 1 heterocycles. The molecule has 0 aliphatic rings. The molecule has 0 bridgehead atoms. The van der Waals surface area contributed by atoms with Gasteiger partial charge in [-0.3, -0.25) is 4.98 Å². The third-order valence-electron chi connectivity index (χ3n) is 3.18. The van der Waals surface area contributed by atoms with Gasteiger partial charge in [0.1, 0.15) is 13.2 Å². The molecule has 0 radical (unpaired) electrons. The molecule has 0 fully saturated rings. The quantitative estimate of drug-likeness (QED) is 0.709. The Morgan fingerprint density at radius 1 is 0.800 bits per heavy atom. The van der Waals surface area contributed by atoms with Crippen molar-refractivity contribution in [1.82, 2.24) is 15.0 Å². The van der Waals surface area contributed by atoms with Gasteiger partial charge in [-0.1, -0.05) is 47.5 Å². The van der Waals surface area contributed by atoms with Gasteiger partial charge >= 0.3 is 17.7 Å². The van der Waals surface area contributed by atoms with Crippen molar-refractivity contribution in [3.05, 3.63) is 80.2 Å². The van der Waals surface area contributed by atoms with Crippen LogP contribution in [0.3, 0.4) is 0 Å². The van der Waals surface area contributed by atoms with E-state index in [-0.39, 0.29) is 25.2 Å². The first-order valence-electron chi connectivity index (χ1n) is 7.31. The van der Waals surface area contributed by atoms with Gasteiger partial charge in [0.2, 0.25) is 0 Å². The molecule has 25 heavy (non-hydrogen) atoms. The van der Waals surface area contributed by atoms with Gasteiger partial charge in [-0.05, 0) is 35.4 Å². The molecule has 0 spiro atoms. The molecule has 0 aliphatic carbocycles. The highest BCUT2D eigenvalue weighted by Crippen LogP contribution is 2.14. The van der Waals surface area contributed by atoms with Crippen LogP contribution in [0.1, 0.15) is 11.1 Å². The topological polar surface area (TPSA) is 77.1 Å². The van der Waals surface area contributed by atoms with Crippen molar-refractivity contribution >= 4 is 23.2 Å².